The number of hydrogen-bond acceptors (Lipinski definition) is 16. The summed E-state index contributed by atoms with van der Waals surface area (Å²) in [6.07, 6.45) is -9.31. The molecule has 0 saturated carbocycles. The molecule has 6 rings (SSSR count). The number of H-pyrrole nitrogens is 1. The topological polar surface area (TPSA) is 263 Å². The van der Waals surface area contributed by atoms with E-state index in [2.05, 4.69) is 42.2 Å². The maximum absolute atomic E-state index is 15.7. The van der Waals surface area contributed by atoms with E-state index >= 15 is 8.78 Å². The molecule has 19 nitrogen and oxygen atoms in total. The number of nitrogen functional groups attached to an aromatic ring is 2. The lowest BCUT2D eigenvalue weighted by atomic mass is 10.1. The van der Waals surface area contributed by atoms with Crippen LogP contribution < -0.4 is 17.0 Å². The Morgan fingerprint density at radius 1 is 1.07 bits per heavy atom. The molecule has 0 amide bonds. The quantitative estimate of drug-likeness (QED) is 0.0946. The van der Waals surface area contributed by atoms with Crippen molar-refractivity contribution in [2.45, 2.75) is 49.2 Å². The number of imidazole rings is 2. The van der Waals surface area contributed by atoms with Crippen LogP contribution >= 0.6 is 26.2 Å². The van der Waals surface area contributed by atoms with Gasteiger partial charge in [-0.05, 0) is 11.8 Å². The van der Waals surface area contributed by atoms with Gasteiger partial charge in [0, 0.05) is 4.57 Å². The molecule has 2 saturated heterocycles. The second kappa shape index (κ2) is 12.4. The Kier molecular flexibility index (Phi) is 8.86. The molecule has 2 unspecified atom stereocenters. The highest BCUT2D eigenvalue weighted by Gasteiger charge is 2.53. The van der Waals surface area contributed by atoms with Crippen molar-refractivity contribution in [3.8, 4) is 0 Å². The van der Waals surface area contributed by atoms with E-state index in [9.17, 15) is 19.4 Å². The van der Waals surface area contributed by atoms with Crippen LogP contribution in [0.4, 0.5) is 20.5 Å². The van der Waals surface area contributed by atoms with Gasteiger partial charge >= 0.3 is 8.25 Å². The Balaban J connectivity index is 1.22. The van der Waals surface area contributed by atoms with Gasteiger partial charge in [0.25, 0.3) is 5.56 Å². The fourth-order valence-electron chi connectivity index (χ4n) is 5.00. The van der Waals surface area contributed by atoms with Crippen LogP contribution in [0.1, 0.15) is 12.5 Å². The number of aliphatic hydroxyl groups is 1. The number of aromatic amines is 1. The van der Waals surface area contributed by atoms with Crippen LogP contribution in [-0.4, -0.2) is 99.0 Å². The summed E-state index contributed by atoms with van der Waals surface area (Å²) in [5.74, 6) is -0.213. The Hall–Kier alpha value is -2.82. The summed E-state index contributed by atoms with van der Waals surface area (Å²) in [5, 5.41) is 9.69. The van der Waals surface area contributed by atoms with Gasteiger partial charge in [0.1, 0.15) is 30.2 Å². The lowest BCUT2D eigenvalue weighted by Crippen LogP contribution is -2.33. The molecule has 0 radical (unpaired) electrons. The van der Waals surface area contributed by atoms with E-state index in [0.717, 1.165) is 12.7 Å². The molecule has 0 bridgehead atoms. The van der Waals surface area contributed by atoms with Crippen molar-refractivity contribution in [1.29, 1.82) is 0 Å². The van der Waals surface area contributed by atoms with Crippen LogP contribution in [0.25, 0.3) is 22.3 Å². The van der Waals surface area contributed by atoms with Gasteiger partial charge in [-0.3, -0.25) is 18.9 Å². The van der Waals surface area contributed by atoms with Gasteiger partial charge in [-0.2, -0.15) is 4.98 Å². The van der Waals surface area contributed by atoms with Crippen molar-refractivity contribution in [2.24, 2.45) is 0 Å². The van der Waals surface area contributed by atoms with Crippen molar-refractivity contribution in [3.05, 3.63) is 29.3 Å². The minimum atomic E-state index is -3.76. The molecule has 6 heterocycles. The number of nitrogens with zero attached hydrogens (tertiary/aromatic N) is 7. The molecule has 25 heteroatoms. The summed E-state index contributed by atoms with van der Waals surface area (Å²) >= 11 is 9.67. The Bertz CT molecular complexity index is 1870. The molecule has 45 heavy (non-hydrogen) atoms. The third kappa shape index (κ3) is 6.05. The van der Waals surface area contributed by atoms with E-state index in [0.29, 0.717) is 0 Å². The second-order valence-corrected chi connectivity index (χ2v) is 15.6. The summed E-state index contributed by atoms with van der Waals surface area (Å²) < 4.78 is 72.9. The minimum absolute atomic E-state index is 0.0322. The van der Waals surface area contributed by atoms with Gasteiger partial charge in [-0.15, -0.1) is 9.42 Å². The van der Waals surface area contributed by atoms with Crippen molar-refractivity contribution < 1.29 is 46.4 Å². The first-order valence-corrected chi connectivity index (χ1v) is 17.6. The van der Waals surface area contributed by atoms with E-state index in [1.54, 1.807) is 0 Å². The first-order valence-electron chi connectivity index (χ1n) is 12.7. The first-order chi connectivity index (χ1) is 21.4. The van der Waals surface area contributed by atoms with Gasteiger partial charge in [-0.25, -0.2) is 28.7 Å². The van der Waals surface area contributed by atoms with E-state index < -0.39 is 81.9 Å². The Morgan fingerprint density at radius 3 is 2.47 bits per heavy atom. The highest BCUT2D eigenvalue weighted by Crippen LogP contribution is 2.58. The molecule has 4 aromatic rings. The zero-order chi connectivity index (χ0) is 32.2. The van der Waals surface area contributed by atoms with Crippen molar-refractivity contribution in [2.75, 3.05) is 24.7 Å². The second-order valence-electron chi connectivity index (χ2n) is 9.70. The highest BCUT2D eigenvalue weighted by atomic mass is 32.9. The van der Waals surface area contributed by atoms with Crippen LogP contribution in [0.5, 0.6) is 0 Å². The van der Waals surface area contributed by atoms with Gasteiger partial charge < -0.3 is 35.1 Å². The normalized spacial score (nSPS) is 30.3. The number of anilines is 2. The average molecular weight is 712 g/mol. The maximum Gasteiger partial charge on any atom is 0.695 e. The summed E-state index contributed by atoms with van der Waals surface area (Å²) in [6.45, 7) is -1.33. The number of hydrogen-bond donors (Lipinski definition) is 6. The molecule has 2 aliphatic rings. The average Bonchev–Trinajstić information content (AvgIpc) is 3.73. The zero-order valence-electron chi connectivity index (χ0n) is 22.3. The number of nitrogens with one attached hydrogen (secondary N) is 1. The maximum atomic E-state index is 15.7. The molecule has 2 aliphatic heterocycles. The van der Waals surface area contributed by atoms with Crippen molar-refractivity contribution in [1.82, 2.24) is 39.0 Å². The van der Waals surface area contributed by atoms with E-state index in [4.69, 9.17) is 46.3 Å². The highest BCUT2D eigenvalue weighted by molar-refractivity contribution is 8.60. The number of aromatic nitrogens is 8. The van der Waals surface area contributed by atoms with Gasteiger partial charge in [0.05, 0.1) is 25.9 Å². The fraction of sp³-hybridized carbons (Fsp3) is 0.500. The number of halogens is 2. The van der Waals surface area contributed by atoms with Crippen LogP contribution in [0.15, 0.2) is 23.8 Å². The van der Waals surface area contributed by atoms with Crippen molar-refractivity contribution in [3.63, 3.8) is 0 Å². The third-order valence-corrected chi connectivity index (χ3v) is 9.58. The largest absolute Gasteiger partial charge is 0.695 e. The van der Waals surface area contributed by atoms with Crippen LogP contribution in [0.3, 0.4) is 0 Å². The predicted molar refractivity (Wildman–Crippen MR) is 156 cm³/mol. The third-order valence-electron chi connectivity index (χ3n) is 6.97. The van der Waals surface area contributed by atoms with E-state index in [1.165, 1.54) is 15.5 Å². The summed E-state index contributed by atoms with van der Waals surface area (Å²) in [6, 6.07) is 0. The Labute approximate surface area is 260 Å². The molecular formula is C20H23F2N10O9P2S2+. The molecule has 4 aromatic heterocycles. The fourth-order valence-corrected chi connectivity index (χ4v) is 7.39. The van der Waals surface area contributed by atoms with Crippen molar-refractivity contribution >= 4 is 72.1 Å². The predicted octanol–water partition coefficient (Wildman–Crippen LogP) is 0.178. The van der Waals surface area contributed by atoms with E-state index in [1.807, 2.05) is 0 Å². The molecule has 0 aromatic carbocycles. The standard InChI is InChI=1S/C20H22F2N10O9P2S2/c21-8-6(1-33)38-19(32-5-28-11-16(32)29-20(24)30-17(11)34)13(8)41-43(44,45)37-2-7-12(40-42(35)36)9(22)18(39-7)31-4-27-10-14(23)25-3-26-15(10)31/h3-9,12-13,18-19,33H,1-2H2,(H6-,23,24,25,26,29,30,34,35,36,44,45)/p+1/t6-,7-,8-,9+,12-,13-,18-,19-/m1/s1. The Morgan fingerprint density at radius 2 is 1.76 bits per heavy atom. The molecule has 10 atom stereocenters. The number of fused-ring (bicyclic) bond motifs is 2. The number of thiol groups is 1. The minimum Gasteiger partial charge on any atom is -0.394 e. The summed E-state index contributed by atoms with van der Waals surface area (Å²) in [7, 11) is -3.29. The molecule has 242 valence electrons. The smallest absolute Gasteiger partial charge is 0.394 e. The molecule has 7 N–H and O–H groups in total. The lowest BCUT2D eigenvalue weighted by molar-refractivity contribution is -0.0497. The van der Waals surface area contributed by atoms with Gasteiger partial charge in [-0.1, -0.05) is 12.2 Å². The lowest BCUT2D eigenvalue weighted by Gasteiger charge is -2.27. The molecular weight excluding hydrogens is 688 g/mol. The first kappa shape index (κ1) is 32.1. The number of ether oxygens (including phenoxy) is 2. The van der Waals surface area contributed by atoms with Gasteiger partial charge in [0.15, 0.2) is 53.5 Å². The summed E-state index contributed by atoms with van der Waals surface area (Å²) in [4.78, 5) is 43.9. The van der Waals surface area contributed by atoms with E-state index in [-0.39, 0.29) is 34.1 Å². The van der Waals surface area contributed by atoms with Gasteiger partial charge in [0.2, 0.25) is 11.6 Å². The molecule has 2 fully saturated rings. The van der Waals surface area contributed by atoms with Crippen LogP contribution in [0.2, 0.25) is 0 Å². The van der Waals surface area contributed by atoms with Crippen LogP contribution in [-0.2, 0) is 39.4 Å². The number of aliphatic hydroxyl groups excluding tert-OH is 1. The number of alkyl halides is 2. The summed E-state index contributed by atoms with van der Waals surface area (Å²) in [5.41, 5.74) is 7.14. The number of rotatable bonds is 10. The zero-order valence-corrected chi connectivity index (χ0v) is 25.8. The molecule has 0 aliphatic carbocycles. The SMILES string of the molecule is Nc1nc2c(ncn2[C@@H]2O[C@H](CO)[C@@H](F)[C@H]2OP(=S)(S)OC[C@H]2O[C@@H](n3cnc4c(N)ncnc43)[C@@H](F)[C@@H]2O[P+](=O)O)c(=O)[nH]1. The number of nitrogens with two attached hydrogens (primary N) is 2. The molecule has 0 spiro atoms. The van der Waals surface area contributed by atoms with Crippen LogP contribution in [0, 0.1) is 0 Å². The monoisotopic (exact) mass is 711 g/mol.